The molecule has 0 saturated heterocycles. The number of carbonyl (C=O) groups excluding carboxylic acids is 2. The van der Waals surface area contributed by atoms with Crippen LogP contribution in [0.5, 0.6) is 0 Å². The zero-order valence-electron chi connectivity index (χ0n) is 16.1. The zero-order chi connectivity index (χ0) is 19.3. The molecule has 1 heterocycles. The molecule has 2 amide bonds. The molecule has 2 aromatic rings. The lowest BCUT2D eigenvalue weighted by molar-refractivity contribution is -0.126. The van der Waals surface area contributed by atoms with Crippen LogP contribution in [0.4, 0.5) is 5.82 Å². The quantitative estimate of drug-likeness (QED) is 0.712. The third-order valence-corrected chi connectivity index (χ3v) is 4.36. The van der Waals surface area contributed by atoms with E-state index in [0.717, 1.165) is 11.3 Å². The van der Waals surface area contributed by atoms with Gasteiger partial charge in [0, 0.05) is 23.6 Å². The highest BCUT2D eigenvalue weighted by Gasteiger charge is 2.26. The number of anilines is 1. The van der Waals surface area contributed by atoms with E-state index in [2.05, 4.69) is 46.8 Å². The average Bonchev–Trinajstić information content (AvgIpc) is 3.04. The van der Waals surface area contributed by atoms with E-state index in [1.165, 1.54) is 0 Å². The van der Waals surface area contributed by atoms with Gasteiger partial charge < -0.3 is 10.6 Å². The summed E-state index contributed by atoms with van der Waals surface area (Å²) in [6.45, 7) is 9.77. The minimum absolute atomic E-state index is 0.129. The third kappa shape index (κ3) is 4.94. The van der Waals surface area contributed by atoms with Crippen molar-refractivity contribution in [3.8, 4) is 0 Å². The number of amides is 2. The SMILES string of the molecule is CC(C)CC(=O)N[C@@H](C)C(=O)Nc1cc(C(C)(C)c2ccccc2)[nH]n1. The van der Waals surface area contributed by atoms with Crippen LogP contribution < -0.4 is 10.6 Å². The largest absolute Gasteiger partial charge is 0.345 e. The van der Waals surface area contributed by atoms with Crippen molar-refractivity contribution in [2.45, 2.75) is 52.5 Å². The lowest BCUT2D eigenvalue weighted by Gasteiger charge is -2.23. The summed E-state index contributed by atoms with van der Waals surface area (Å²) in [5.74, 6) is 0.270. The summed E-state index contributed by atoms with van der Waals surface area (Å²) in [7, 11) is 0. The molecule has 1 aromatic carbocycles. The van der Waals surface area contributed by atoms with E-state index in [1.54, 1.807) is 6.92 Å². The highest BCUT2D eigenvalue weighted by Crippen LogP contribution is 2.30. The van der Waals surface area contributed by atoms with E-state index < -0.39 is 6.04 Å². The Hall–Kier alpha value is -2.63. The molecule has 140 valence electrons. The van der Waals surface area contributed by atoms with Crippen LogP contribution in [0, 0.1) is 5.92 Å². The van der Waals surface area contributed by atoms with Crippen LogP contribution >= 0.6 is 0 Å². The summed E-state index contributed by atoms with van der Waals surface area (Å²) in [4.78, 5) is 24.1. The van der Waals surface area contributed by atoms with Gasteiger partial charge in [-0.25, -0.2) is 0 Å². The van der Waals surface area contributed by atoms with Crippen molar-refractivity contribution < 1.29 is 9.59 Å². The predicted octanol–water partition coefficient (Wildman–Crippen LogP) is 3.22. The van der Waals surface area contributed by atoms with E-state index in [4.69, 9.17) is 0 Å². The van der Waals surface area contributed by atoms with Gasteiger partial charge in [0.15, 0.2) is 5.82 Å². The minimum atomic E-state index is -0.622. The number of hydrogen-bond donors (Lipinski definition) is 3. The number of nitrogens with zero attached hydrogens (tertiary/aromatic N) is 1. The topological polar surface area (TPSA) is 86.9 Å². The fourth-order valence-corrected chi connectivity index (χ4v) is 2.69. The van der Waals surface area contributed by atoms with Crippen LogP contribution in [0.1, 0.15) is 52.3 Å². The molecule has 0 aliphatic carbocycles. The maximum Gasteiger partial charge on any atom is 0.247 e. The highest BCUT2D eigenvalue weighted by molar-refractivity contribution is 5.96. The molecule has 1 atom stereocenters. The second-order valence-electron chi connectivity index (χ2n) is 7.53. The maximum absolute atomic E-state index is 12.3. The molecule has 0 saturated carbocycles. The predicted molar refractivity (Wildman–Crippen MR) is 103 cm³/mol. The zero-order valence-corrected chi connectivity index (χ0v) is 16.1. The Kier molecular flexibility index (Phi) is 6.18. The number of rotatable bonds is 7. The average molecular weight is 356 g/mol. The molecule has 0 bridgehead atoms. The normalized spacial score (nSPS) is 12.7. The molecular formula is C20H28N4O2. The molecule has 0 radical (unpaired) electrons. The van der Waals surface area contributed by atoms with Crippen molar-refractivity contribution in [1.82, 2.24) is 15.5 Å². The van der Waals surface area contributed by atoms with Crippen molar-refractivity contribution in [2.75, 3.05) is 5.32 Å². The van der Waals surface area contributed by atoms with Gasteiger partial charge in [-0.2, -0.15) is 5.10 Å². The highest BCUT2D eigenvalue weighted by atomic mass is 16.2. The molecule has 0 aliphatic heterocycles. The summed E-state index contributed by atoms with van der Waals surface area (Å²) in [5.41, 5.74) is 1.78. The molecule has 0 fully saturated rings. The van der Waals surface area contributed by atoms with Gasteiger partial charge in [0.2, 0.25) is 11.8 Å². The molecular weight excluding hydrogens is 328 g/mol. The lowest BCUT2D eigenvalue weighted by atomic mass is 9.82. The van der Waals surface area contributed by atoms with Gasteiger partial charge in [-0.05, 0) is 18.4 Å². The van der Waals surface area contributed by atoms with E-state index in [-0.39, 0.29) is 23.1 Å². The maximum atomic E-state index is 12.3. The van der Waals surface area contributed by atoms with Gasteiger partial charge >= 0.3 is 0 Å². The molecule has 0 aliphatic rings. The number of aromatic amines is 1. The molecule has 6 nitrogen and oxygen atoms in total. The summed E-state index contributed by atoms with van der Waals surface area (Å²) >= 11 is 0. The van der Waals surface area contributed by atoms with Gasteiger partial charge in [-0.3, -0.25) is 14.7 Å². The number of benzene rings is 1. The van der Waals surface area contributed by atoms with E-state index in [9.17, 15) is 9.59 Å². The first-order valence-electron chi connectivity index (χ1n) is 8.91. The van der Waals surface area contributed by atoms with Crippen LogP contribution in [-0.2, 0) is 15.0 Å². The Balaban J connectivity index is 2.01. The Morgan fingerprint density at radius 1 is 1.15 bits per heavy atom. The van der Waals surface area contributed by atoms with Crippen LogP contribution in [0.25, 0.3) is 0 Å². The molecule has 1 aromatic heterocycles. The lowest BCUT2D eigenvalue weighted by Crippen LogP contribution is -2.42. The number of nitrogens with one attached hydrogen (secondary N) is 3. The first-order chi connectivity index (χ1) is 12.2. The van der Waals surface area contributed by atoms with Crippen LogP contribution in [0.15, 0.2) is 36.4 Å². The van der Waals surface area contributed by atoms with E-state index >= 15 is 0 Å². The number of hydrogen-bond acceptors (Lipinski definition) is 3. The first kappa shape index (κ1) is 19.7. The number of H-pyrrole nitrogens is 1. The molecule has 6 heteroatoms. The standard InChI is InChI=1S/C20H28N4O2/c1-13(2)11-18(25)21-14(3)19(26)22-17-12-16(23-24-17)20(4,5)15-9-7-6-8-10-15/h6-10,12-14H,11H2,1-5H3,(H,21,25)(H2,22,23,24,26)/t14-/m0/s1. The fraction of sp³-hybridized carbons (Fsp3) is 0.450. The number of aromatic nitrogens is 2. The second-order valence-corrected chi connectivity index (χ2v) is 7.53. The Morgan fingerprint density at radius 2 is 1.81 bits per heavy atom. The van der Waals surface area contributed by atoms with Crippen LogP contribution in [-0.4, -0.2) is 28.1 Å². The first-order valence-corrected chi connectivity index (χ1v) is 8.91. The smallest absolute Gasteiger partial charge is 0.247 e. The van der Waals surface area contributed by atoms with Crippen molar-refractivity contribution >= 4 is 17.6 Å². The van der Waals surface area contributed by atoms with Gasteiger partial charge in [0.05, 0.1) is 0 Å². The van der Waals surface area contributed by atoms with Crippen LogP contribution in [0.3, 0.4) is 0 Å². The molecule has 26 heavy (non-hydrogen) atoms. The van der Waals surface area contributed by atoms with Crippen molar-refractivity contribution in [3.63, 3.8) is 0 Å². The molecule has 0 unspecified atom stereocenters. The Bertz CT molecular complexity index is 750. The minimum Gasteiger partial charge on any atom is -0.345 e. The van der Waals surface area contributed by atoms with Crippen molar-refractivity contribution in [2.24, 2.45) is 5.92 Å². The molecule has 2 rings (SSSR count). The molecule has 3 N–H and O–H groups in total. The monoisotopic (exact) mass is 356 g/mol. The number of carbonyl (C=O) groups is 2. The van der Waals surface area contributed by atoms with Crippen molar-refractivity contribution in [3.05, 3.63) is 47.7 Å². The fourth-order valence-electron chi connectivity index (χ4n) is 2.69. The van der Waals surface area contributed by atoms with Gasteiger partial charge in [-0.15, -0.1) is 0 Å². The van der Waals surface area contributed by atoms with E-state index in [0.29, 0.717) is 12.2 Å². The van der Waals surface area contributed by atoms with Crippen molar-refractivity contribution in [1.29, 1.82) is 0 Å². The van der Waals surface area contributed by atoms with Crippen LogP contribution in [0.2, 0.25) is 0 Å². The van der Waals surface area contributed by atoms with Gasteiger partial charge in [-0.1, -0.05) is 58.0 Å². The third-order valence-electron chi connectivity index (χ3n) is 4.36. The van der Waals surface area contributed by atoms with Gasteiger partial charge in [0.25, 0.3) is 0 Å². The Labute approximate surface area is 154 Å². The van der Waals surface area contributed by atoms with Gasteiger partial charge in [0.1, 0.15) is 6.04 Å². The second kappa shape index (κ2) is 8.17. The Morgan fingerprint density at radius 3 is 2.42 bits per heavy atom. The summed E-state index contributed by atoms with van der Waals surface area (Å²) in [6.07, 6.45) is 0.398. The van der Waals surface area contributed by atoms with E-state index in [1.807, 2.05) is 38.1 Å². The summed E-state index contributed by atoms with van der Waals surface area (Å²) < 4.78 is 0. The summed E-state index contributed by atoms with van der Waals surface area (Å²) in [6, 6.07) is 11.3. The summed E-state index contributed by atoms with van der Waals surface area (Å²) in [5, 5.41) is 12.6. The molecule has 0 spiro atoms.